The number of alkyl halides is 3. The van der Waals surface area contributed by atoms with Gasteiger partial charge in [0.15, 0.2) is 8.32 Å². The summed E-state index contributed by atoms with van der Waals surface area (Å²) < 4.78 is 4.44. The molecule has 0 unspecified atom stereocenters. The van der Waals surface area contributed by atoms with Crippen molar-refractivity contribution in [3.8, 4) is 0 Å². The van der Waals surface area contributed by atoms with Gasteiger partial charge in [0.25, 0.3) is 9.70 Å². The maximum Gasteiger partial charge on any atom is 0.272 e. The molecule has 0 saturated heterocycles. The molecule has 0 aliphatic heterocycles. The van der Waals surface area contributed by atoms with E-state index in [0.29, 0.717) is 6.42 Å². The third kappa shape index (κ3) is 9.88. The molecule has 0 heterocycles. The highest BCUT2D eigenvalue weighted by atomic mass is 35.6. The summed E-state index contributed by atoms with van der Waals surface area (Å²) in [4.78, 5) is 12.2. The standard InChI is InChI=1S/C22H34Cl3NO2Si/c1-17(28-29(5,6)21(2,3)4)16-19(26-20(27)22(23,24)25)15-11-10-14-18-12-8-7-9-13-18/h7-9,11-13,15,17,19H,10,14,16H2,1-6H3,(H,26,27)/b15-11+/t17-,19+/m0/s1. The smallest absolute Gasteiger partial charge is 0.272 e. The molecule has 29 heavy (non-hydrogen) atoms. The molecule has 0 fully saturated rings. The molecule has 0 bridgehead atoms. The summed E-state index contributed by atoms with van der Waals surface area (Å²) in [5.74, 6) is -0.625. The summed E-state index contributed by atoms with van der Waals surface area (Å²) in [7, 11) is -1.91. The molecule has 164 valence electrons. The lowest BCUT2D eigenvalue weighted by atomic mass is 10.1. The van der Waals surface area contributed by atoms with Crippen LogP contribution in [0.4, 0.5) is 0 Å². The van der Waals surface area contributed by atoms with Crippen molar-refractivity contribution in [2.24, 2.45) is 0 Å². The van der Waals surface area contributed by atoms with Gasteiger partial charge in [-0.2, -0.15) is 0 Å². The van der Waals surface area contributed by atoms with Crippen LogP contribution in [0.1, 0.15) is 46.1 Å². The Hall–Kier alpha value is -0.523. The summed E-state index contributed by atoms with van der Waals surface area (Å²) in [6.07, 6.45) is 6.41. The molecular weight excluding hydrogens is 445 g/mol. The van der Waals surface area contributed by atoms with Gasteiger partial charge in [0.05, 0.1) is 0 Å². The molecule has 0 radical (unpaired) electrons. The molecule has 2 atom stereocenters. The zero-order chi connectivity index (χ0) is 22.3. The normalized spacial score (nSPS) is 15.3. The fourth-order valence-corrected chi connectivity index (χ4v) is 4.30. The Morgan fingerprint density at radius 3 is 2.28 bits per heavy atom. The third-order valence-electron chi connectivity index (χ3n) is 5.27. The second-order valence-corrected chi connectivity index (χ2v) is 16.0. The number of allylic oxidation sites excluding steroid dienone is 1. The van der Waals surface area contributed by atoms with Crippen LogP contribution in [0.25, 0.3) is 0 Å². The quantitative estimate of drug-likeness (QED) is 0.240. The van der Waals surface area contributed by atoms with Crippen LogP contribution in [0.2, 0.25) is 18.1 Å². The minimum atomic E-state index is -1.99. The van der Waals surface area contributed by atoms with Crippen LogP contribution in [0.3, 0.4) is 0 Å². The second-order valence-electron chi connectivity index (χ2n) is 8.95. The monoisotopic (exact) mass is 477 g/mol. The van der Waals surface area contributed by atoms with Crippen LogP contribution < -0.4 is 5.32 Å². The topological polar surface area (TPSA) is 38.3 Å². The van der Waals surface area contributed by atoms with E-state index >= 15 is 0 Å². The number of hydrogen-bond donors (Lipinski definition) is 1. The number of hydrogen-bond acceptors (Lipinski definition) is 2. The molecule has 1 aromatic rings. The van der Waals surface area contributed by atoms with Gasteiger partial charge in [0.2, 0.25) is 0 Å². The molecule has 1 amide bonds. The average Bonchev–Trinajstić information content (AvgIpc) is 2.57. The lowest BCUT2D eigenvalue weighted by Crippen LogP contribution is -2.46. The number of aryl methyl sites for hydroxylation is 1. The molecule has 1 rings (SSSR count). The van der Waals surface area contributed by atoms with E-state index in [2.05, 4.69) is 57.4 Å². The lowest BCUT2D eigenvalue weighted by molar-refractivity contribution is -0.120. The Kier molecular flexibility index (Phi) is 10.2. The first kappa shape index (κ1) is 26.5. The highest BCUT2D eigenvalue weighted by Crippen LogP contribution is 2.37. The predicted molar refractivity (Wildman–Crippen MR) is 128 cm³/mol. The number of carbonyl (C=O) groups excluding carboxylic acids is 1. The van der Waals surface area contributed by atoms with Crippen molar-refractivity contribution in [3.63, 3.8) is 0 Å². The molecule has 0 saturated carbocycles. The summed E-state index contributed by atoms with van der Waals surface area (Å²) in [6, 6.07) is 10.0. The SMILES string of the molecule is C[C@@H](C[C@@H](/C=C/CCc1ccccc1)NC(=O)C(Cl)(Cl)Cl)O[Si](C)(C)C(C)(C)C. The van der Waals surface area contributed by atoms with Gasteiger partial charge in [-0.3, -0.25) is 4.79 Å². The van der Waals surface area contributed by atoms with Gasteiger partial charge < -0.3 is 9.74 Å². The first-order valence-corrected chi connectivity index (χ1v) is 14.0. The van der Waals surface area contributed by atoms with Crippen molar-refractivity contribution in [1.29, 1.82) is 0 Å². The molecule has 0 aliphatic carbocycles. The molecule has 0 aromatic heterocycles. The van der Waals surface area contributed by atoms with Crippen molar-refractivity contribution in [2.45, 2.75) is 81.0 Å². The Labute approximate surface area is 192 Å². The second kappa shape index (κ2) is 11.2. The molecule has 7 heteroatoms. The maximum absolute atomic E-state index is 12.2. The molecular formula is C22H34Cl3NO2Si. The van der Waals surface area contributed by atoms with Crippen LogP contribution in [0.15, 0.2) is 42.5 Å². The van der Waals surface area contributed by atoms with Crippen molar-refractivity contribution >= 4 is 49.0 Å². The van der Waals surface area contributed by atoms with Gasteiger partial charge in [-0.25, -0.2) is 0 Å². The number of benzene rings is 1. The van der Waals surface area contributed by atoms with Crippen LogP contribution in [-0.4, -0.2) is 30.2 Å². The number of halogens is 3. The molecule has 0 spiro atoms. The van der Waals surface area contributed by atoms with Crippen LogP contribution in [0.5, 0.6) is 0 Å². The summed E-state index contributed by atoms with van der Waals surface area (Å²) in [5.41, 5.74) is 1.27. The summed E-state index contributed by atoms with van der Waals surface area (Å²) in [5, 5.41) is 2.94. The van der Waals surface area contributed by atoms with E-state index in [-0.39, 0.29) is 17.2 Å². The molecule has 3 nitrogen and oxygen atoms in total. The van der Waals surface area contributed by atoms with Crippen LogP contribution in [0, 0.1) is 0 Å². The minimum absolute atomic E-state index is 0.0321. The van der Waals surface area contributed by atoms with Gasteiger partial charge in [-0.15, -0.1) is 0 Å². The van der Waals surface area contributed by atoms with Crippen molar-refractivity contribution < 1.29 is 9.22 Å². The first-order valence-electron chi connectivity index (χ1n) is 9.98. The van der Waals surface area contributed by atoms with Crippen molar-refractivity contribution in [2.75, 3.05) is 0 Å². The van der Waals surface area contributed by atoms with Gasteiger partial charge >= 0.3 is 0 Å². The fraction of sp³-hybridized carbons (Fsp3) is 0.591. The third-order valence-corrected chi connectivity index (χ3v) is 10.4. The lowest BCUT2D eigenvalue weighted by Gasteiger charge is -2.39. The molecule has 0 aliphatic rings. The van der Waals surface area contributed by atoms with Crippen LogP contribution >= 0.6 is 34.8 Å². The van der Waals surface area contributed by atoms with Crippen LogP contribution in [-0.2, 0) is 15.6 Å². The van der Waals surface area contributed by atoms with E-state index in [1.54, 1.807) is 0 Å². The maximum atomic E-state index is 12.2. The average molecular weight is 479 g/mol. The largest absolute Gasteiger partial charge is 0.414 e. The van der Waals surface area contributed by atoms with Crippen molar-refractivity contribution in [1.82, 2.24) is 5.32 Å². The van der Waals surface area contributed by atoms with E-state index in [0.717, 1.165) is 12.8 Å². The first-order chi connectivity index (χ1) is 13.2. The van der Waals surface area contributed by atoms with E-state index in [1.807, 2.05) is 31.2 Å². The fourth-order valence-electron chi connectivity index (χ4n) is 2.68. The number of amides is 1. The van der Waals surface area contributed by atoms with Gasteiger partial charge in [0.1, 0.15) is 0 Å². The van der Waals surface area contributed by atoms with Gasteiger partial charge in [-0.1, -0.05) is 98.1 Å². The highest BCUT2D eigenvalue weighted by Gasteiger charge is 2.39. The molecule has 1 N–H and O–H groups in total. The zero-order valence-electron chi connectivity index (χ0n) is 18.3. The number of carbonyl (C=O) groups is 1. The Morgan fingerprint density at radius 1 is 1.17 bits per heavy atom. The van der Waals surface area contributed by atoms with E-state index in [1.165, 1.54) is 5.56 Å². The van der Waals surface area contributed by atoms with E-state index in [9.17, 15) is 4.79 Å². The number of rotatable bonds is 9. The van der Waals surface area contributed by atoms with Crippen molar-refractivity contribution in [3.05, 3.63) is 48.0 Å². The van der Waals surface area contributed by atoms with E-state index < -0.39 is 18.0 Å². The Morgan fingerprint density at radius 2 is 1.76 bits per heavy atom. The minimum Gasteiger partial charge on any atom is -0.414 e. The zero-order valence-corrected chi connectivity index (χ0v) is 21.5. The van der Waals surface area contributed by atoms with E-state index in [4.69, 9.17) is 39.2 Å². The predicted octanol–water partition coefficient (Wildman–Crippen LogP) is 6.83. The summed E-state index contributed by atoms with van der Waals surface area (Å²) >= 11 is 17.2. The van der Waals surface area contributed by atoms with Gasteiger partial charge in [-0.05, 0) is 49.9 Å². The Balaban J connectivity index is 2.76. The Bertz CT molecular complexity index is 667. The summed E-state index contributed by atoms with van der Waals surface area (Å²) in [6.45, 7) is 13.1. The molecule has 1 aromatic carbocycles. The highest BCUT2D eigenvalue weighted by molar-refractivity contribution is 6.76. The van der Waals surface area contributed by atoms with Gasteiger partial charge in [0, 0.05) is 12.1 Å². The number of nitrogens with one attached hydrogen (secondary N) is 1.